The molecule has 0 spiro atoms. The first kappa shape index (κ1) is 13.6. The summed E-state index contributed by atoms with van der Waals surface area (Å²) in [6.45, 7) is 1.85. The van der Waals surface area contributed by atoms with Crippen LogP contribution < -0.4 is 10.6 Å². The lowest BCUT2D eigenvalue weighted by atomic mass is 10.0. The van der Waals surface area contributed by atoms with E-state index in [-0.39, 0.29) is 0 Å². The van der Waals surface area contributed by atoms with E-state index in [0.29, 0.717) is 15.7 Å². The maximum atomic E-state index is 6.11. The van der Waals surface area contributed by atoms with E-state index in [1.54, 1.807) is 0 Å². The van der Waals surface area contributed by atoms with Crippen LogP contribution in [0.1, 0.15) is 17.5 Å². The average Bonchev–Trinajstić information content (AvgIpc) is 2.45. The van der Waals surface area contributed by atoms with E-state index in [2.05, 4.69) is 29.2 Å². The molecule has 20 heavy (non-hydrogen) atoms. The second-order valence-corrected chi connectivity index (χ2v) is 5.94. The molecule has 2 aromatic rings. The van der Waals surface area contributed by atoms with Crippen LogP contribution >= 0.6 is 23.2 Å². The van der Waals surface area contributed by atoms with Gasteiger partial charge in [0, 0.05) is 18.8 Å². The van der Waals surface area contributed by atoms with Gasteiger partial charge in [-0.05, 0) is 42.2 Å². The highest BCUT2D eigenvalue weighted by molar-refractivity contribution is 6.38. The Bertz CT molecular complexity index is 617. The number of benzene rings is 2. The third-order valence-electron chi connectivity index (χ3n) is 3.72. The van der Waals surface area contributed by atoms with Crippen LogP contribution in [0, 0.1) is 0 Å². The third-order valence-corrected chi connectivity index (χ3v) is 4.34. The monoisotopic (exact) mass is 306 g/mol. The van der Waals surface area contributed by atoms with Crippen molar-refractivity contribution in [2.45, 2.75) is 19.4 Å². The fourth-order valence-corrected chi connectivity index (χ4v) is 3.26. The molecule has 2 aromatic carbocycles. The molecular formula is C16H16Cl2N2. The Morgan fingerprint density at radius 2 is 1.80 bits per heavy atom. The molecule has 1 aliphatic rings. The number of nitrogen functional groups attached to an aromatic ring is 1. The number of anilines is 2. The number of aryl methyl sites for hydroxylation is 1. The van der Waals surface area contributed by atoms with E-state index in [1.165, 1.54) is 17.7 Å². The molecule has 0 saturated carbocycles. The normalized spacial score (nSPS) is 14.2. The molecule has 0 aromatic heterocycles. The largest absolute Gasteiger partial charge is 0.396 e. The van der Waals surface area contributed by atoms with Gasteiger partial charge in [0.25, 0.3) is 0 Å². The van der Waals surface area contributed by atoms with Crippen LogP contribution in [-0.2, 0) is 13.0 Å². The van der Waals surface area contributed by atoms with Crippen molar-refractivity contribution in [3.63, 3.8) is 0 Å². The summed E-state index contributed by atoms with van der Waals surface area (Å²) in [6, 6.07) is 12.4. The molecule has 0 unspecified atom stereocenters. The first-order valence-corrected chi connectivity index (χ1v) is 7.47. The van der Waals surface area contributed by atoms with Gasteiger partial charge in [-0.2, -0.15) is 0 Å². The molecule has 104 valence electrons. The van der Waals surface area contributed by atoms with Crippen LogP contribution in [0.25, 0.3) is 0 Å². The summed E-state index contributed by atoms with van der Waals surface area (Å²) >= 11 is 12.2. The van der Waals surface area contributed by atoms with Gasteiger partial charge in [-0.25, -0.2) is 0 Å². The molecule has 1 aliphatic heterocycles. The van der Waals surface area contributed by atoms with Gasteiger partial charge in [-0.3, -0.25) is 0 Å². The molecule has 0 atom stereocenters. The van der Waals surface area contributed by atoms with Gasteiger partial charge in [0.1, 0.15) is 0 Å². The lowest BCUT2D eigenvalue weighted by molar-refractivity contribution is 0.691. The summed E-state index contributed by atoms with van der Waals surface area (Å²) in [7, 11) is 0. The van der Waals surface area contributed by atoms with E-state index in [0.717, 1.165) is 25.1 Å². The third kappa shape index (κ3) is 2.58. The highest BCUT2D eigenvalue weighted by Crippen LogP contribution is 2.32. The highest BCUT2D eigenvalue weighted by atomic mass is 35.5. The van der Waals surface area contributed by atoms with Crippen molar-refractivity contribution in [1.82, 2.24) is 0 Å². The molecule has 2 nitrogen and oxygen atoms in total. The van der Waals surface area contributed by atoms with Gasteiger partial charge in [-0.15, -0.1) is 0 Å². The molecule has 1 heterocycles. The van der Waals surface area contributed by atoms with E-state index >= 15 is 0 Å². The van der Waals surface area contributed by atoms with Gasteiger partial charge in [0.2, 0.25) is 0 Å². The number of nitrogens with two attached hydrogens (primary N) is 1. The Hall–Kier alpha value is -1.38. The number of fused-ring (bicyclic) bond motifs is 1. The first-order valence-electron chi connectivity index (χ1n) is 6.71. The highest BCUT2D eigenvalue weighted by Gasteiger charge is 2.17. The van der Waals surface area contributed by atoms with Crippen LogP contribution in [-0.4, -0.2) is 6.54 Å². The maximum absolute atomic E-state index is 6.11. The van der Waals surface area contributed by atoms with Crippen LogP contribution in [0.5, 0.6) is 0 Å². The molecule has 3 rings (SSSR count). The zero-order valence-electron chi connectivity index (χ0n) is 11.1. The zero-order valence-corrected chi connectivity index (χ0v) is 12.6. The number of rotatable bonds is 2. The van der Waals surface area contributed by atoms with E-state index in [9.17, 15) is 0 Å². The Kier molecular flexibility index (Phi) is 3.77. The van der Waals surface area contributed by atoms with Crippen molar-refractivity contribution in [2.75, 3.05) is 17.2 Å². The van der Waals surface area contributed by atoms with Gasteiger partial charge in [0.15, 0.2) is 0 Å². The van der Waals surface area contributed by atoms with Crippen molar-refractivity contribution < 1.29 is 0 Å². The summed E-state index contributed by atoms with van der Waals surface area (Å²) in [6.07, 6.45) is 2.32. The smallest absolute Gasteiger partial charge is 0.0693 e. The van der Waals surface area contributed by atoms with Crippen molar-refractivity contribution in [3.8, 4) is 0 Å². The quantitative estimate of drug-likeness (QED) is 0.826. The zero-order chi connectivity index (χ0) is 14.1. The lowest BCUT2D eigenvalue weighted by Gasteiger charge is -2.31. The maximum Gasteiger partial charge on any atom is 0.0693 e. The van der Waals surface area contributed by atoms with E-state index in [1.807, 2.05) is 12.1 Å². The van der Waals surface area contributed by atoms with Crippen molar-refractivity contribution in [3.05, 3.63) is 57.6 Å². The molecular weight excluding hydrogens is 291 g/mol. The summed E-state index contributed by atoms with van der Waals surface area (Å²) < 4.78 is 0. The molecule has 0 fully saturated rings. The number of halogens is 2. The van der Waals surface area contributed by atoms with Gasteiger partial charge >= 0.3 is 0 Å². The minimum atomic E-state index is 0.455. The Balaban J connectivity index is 1.89. The van der Waals surface area contributed by atoms with Gasteiger partial charge in [0.05, 0.1) is 15.7 Å². The minimum absolute atomic E-state index is 0.455. The number of para-hydroxylation sites is 1. The molecule has 0 bridgehead atoms. The molecule has 2 N–H and O–H groups in total. The van der Waals surface area contributed by atoms with Crippen molar-refractivity contribution in [1.29, 1.82) is 0 Å². The molecule has 0 radical (unpaired) electrons. The van der Waals surface area contributed by atoms with E-state index in [4.69, 9.17) is 28.9 Å². The molecule has 0 amide bonds. The predicted octanol–water partition coefficient (Wildman–Crippen LogP) is 4.53. The number of hydrogen-bond donors (Lipinski definition) is 1. The van der Waals surface area contributed by atoms with Crippen LogP contribution in [0.15, 0.2) is 36.4 Å². The average molecular weight is 307 g/mol. The molecule has 4 heteroatoms. The Morgan fingerprint density at radius 1 is 1.10 bits per heavy atom. The topological polar surface area (TPSA) is 29.3 Å². The van der Waals surface area contributed by atoms with Gasteiger partial charge < -0.3 is 10.6 Å². The summed E-state index contributed by atoms with van der Waals surface area (Å²) in [5, 5.41) is 1.05. The SMILES string of the molecule is Nc1c(Cl)cc(CN2CCCc3ccccc32)cc1Cl. The Labute approximate surface area is 129 Å². The lowest BCUT2D eigenvalue weighted by Crippen LogP contribution is -2.28. The molecule has 0 aliphatic carbocycles. The van der Waals surface area contributed by atoms with Crippen LogP contribution in [0.4, 0.5) is 11.4 Å². The number of nitrogens with zero attached hydrogens (tertiary/aromatic N) is 1. The van der Waals surface area contributed by atoms with Crippen molar-refractivity contribution in [2.24, 2.45) is 0 Å². The van der Waals surface area contributed by atoms with Crippen molar-refractivity contribution >= 4 is 34.6 Å². The van der Waals surface area contributed by atoms with Crippen LogP contribution in [0.2, 0.25) is 10.0 Å². The predicted molar refractivity (Wildman–Crippen MR) is 86.7 cm³/mol. The minimum Gasteiger partial charge on any atom is -0.396 e. The summed E-state index contributed by atoms with van der Waals surface area (Å²) in [5.74, 6) is 0. The van der Waals surface area contributed by atoms with Gasteiger partial charge in [-0.1, -0.05) is 41.4 Å². The standard InChI is InChI=1S/C16H16Cl2N2/c17-13-8-11(9-14(18)16(13)19)10-20-7-3-5-12-4-1-2-6-15(12)20/h1-2,4,6,8-9H,3,5,7,10,19H2. The van der Waals surface area contributed by atoms with E-state index < -0.39 is 0 Å². The first-order chi connectivity index (χ1) is 9.65. The summed E-state index contributed by atoms with van der Waals surface area (Å²) in [5.41, 5.74) is 10.0. The molecule has 0 saturated heterocycles. The summed E-state index contributed by atoms with van der Waals surface area (Å²) in [4.78, 5) is 2.37. The Morgan fingerprint density at radius 3 is 2.55 bits per heavy atom. The van der Waals surface area contributed by atoms with Crippen LogP contribution in [0.3, 0.4) is 0 Å². The second kappa shape index (κ2) is 5.55. The fraction of sp³-hybridized carbons (Fsp3) is 0.250. The second-order valence-electron chi connectivity index (χ2n) is 5.13. The number of hydrogen-bond acceptors (Lipinski definition) is 2. The fourth-order valence-electron chi connectivity index (χ4n) is 2.72.